The molecule has 0 bridgehead atoms. The van der Waals surface area contributed by atoms with E-state index in [9.17, 15) is 4.79 Å². The van der Waals surface area contributed by atoms with Gasteiger partial charge in [0, 0.05) is 30.4 Å². The second-order valence-electron chi connectivity index (χ2n) is 8.24. The number of carbonyl (C=O) groups excluding carboxylic acids is 1. The van der Waals surface area contributed by atoms with Gasteiger partial charge in [0.25, 0.3) is 0 Å². The van der Waals surface area contributed by atoms with Gasteiger partial charge in [-0.2, -0.15) is 0 Å². The van der Waals surface area contributed by atoms with Crippen molar-refractivity contribution in [3.8, 4) is 0 Å². The number of amides is 1. The van der Waals surface area contributed by atoms with Crippen molar-refractivity contribution < 1.29 is 14.3 Å². The number of allylic oxidation sites excluding steroid dienone is 2. The van der Waals surface area contributed by atoms with Crippen LogP contribution in [0.5, 0.6) is 0 Å². The summed E-state index contributed by atoms with van der Waals surface area (Å²) in [6.45, 7) is 18.2. The topological polar surface area (TPSA) is 59.6 Å². The van der Waals surface area contributed by atoms with E-state index < -0.39 is 5.54 Å². The van der Waals surface area contributed by atoms with Crippen molar-refractivity contribution in [3.63, 3.8) is 0 Å². The third kappa shape index (κ3) is 7.61. The maximum atomic E-state index is 12.7. The van der Waals surface area contributed by atoms with Gasteiger partial charge in [0.05, 0.1) is 12.1 Å². The number of nitrogens with one attached hydrogen (secondary N) is 2. The molecule has 1 heterocycles. The average molecular weight is 353 g/mol. The molecule has 0 spiro atoms. The van der Waals surface area contributed by atoms with Crippen LogP contribution in [0.4, 0.5) is 0 Å². The minimum Gasteiger partial charge on any atom is -0.497 e. The van der Waals surface area contributed by atoms with Gasteiger partial charge in [0.1, 0.15) is 5.76 Å². The quantitative estimate of drug-likeness (QED) is 0.518. The van der Waals surface area contributed by atoms with Gasteiger partial charge in [-0.15, -0.1) is 0 Å². The van der Waals surface area contributed by atoms with Crippen LogP contribution in [0.1, 0.15) is 60.8 Å². The molecule has 0 atom stereocenters. The summed E-state index contributed by atoms with van der Waals surface area (Å²) in [6, 6.07) is 0.302. The fourth-order valence-electron chi connectivity index (χ4n) is 2.60. The van der Waals surface area contributed by atoms with Gasteiger partial charge < -0.3 is 20.1 Å². The van der Waals surface area contributed by atoms with Gasteiger partial charge in [0.15, 0.2) is 0 Å². The Hall–Kier alpha value is -1.33. The monoisotopic (exact) mass is 352 g/mol. The van der Waals surface area contributed by atoms with Crippen LogP contribution in [0, 0.1) is 5.41 Å². The Morgan fingerprint density at radius 1 is 1.24 bits per heavy atom. The zero-order valence-corrected chi connectivity index (χ0v) is 16.8. The second-order valence-corrected chi connectivity index (χ2v) is 8.24. The Labute approximate surface area is 153 Å². The molecule has 5 nitrogen and oxygen atoms in total. The fraction of sp³-hybridized carbons (Fsp3) is 0.750. The minimum absolute atomic E-state index is 0.0935. The van der Waals surface area contributed by atoms with Crippen molar-refractivity contribution in [1.82, 2.24) is 10.6 Å². The Bertz CT molecular complexity index is 484. The molecule has 1 saturated heterocycles. The summed E-state index contributed by atoms with van der Waals surface area (Å²) in [5.41, 5.74) is -0.267. The summed E-state index contributed by atoms with van der Waals surface area (Å²) in [5, 5.41) is 6.34. The molecule has 144 valence electrons. The molecular weight excluding hydrogens is 316 g/mol. The van der Waals surface area contributed by atoms with Gasteiger partial charge in [-0.3, -0.25) is 4.79 Å². The smallest absolute Gasteiger partial charge is 0.244 e. The van der Waals surface area contributed by atoms with Gasteiger partial charge in [0.2, 0.25) is 5.91 Å². The average Bonchev–Trinajstić information content (AvgIpc) is 2.50. The predicted molar refractivity (Wildman–Crippen MR) is 102 cm³/mol. The molecule has 0 aromatic heterocycles. The number of rotatable bonds is 8. The fourth-order valence-corrected chi connectivity index (χ4v) is 2.60. The number of ether oxygens (including phenoxy) is 2. The molecule has 0 aromatic rings. The lowest BCUT2D eigenvalue weighted by molar-refractivity contribution is -0.126. The molecule has 1 amide bonds. The maximum Gasteiger partial charge on any atom is 0.244 e. The van der Waals surface area contributed by atoms with Crippen LogP contribution < -0.4 is 10.6 Å². The first-order valence-corrected chi connectivity index (χ1v) is 9.27. The van der Waals surface area contributed by atoms with E-state index in [4.69, 9.17) is 9.47 Å². The third-order valence-electron chi connectivity index (χ3n) is 4.13. The van der Waals surface area contributed by atoms with Gasteiger partial charge in [-0.1, -0.05) is 34.3 Å². The van der Waals surface area contributed by atoms with Crippen LogP contribution >= 0.6 is 0 Å². The molecule has 1 rings (SSSR count). The van der Waals surface area contributed by atoms with E-state index in [1.807, 2.05) is 19.9 Å². The summed E-state index contributed by atoms with van der Waals surface area (Å²) in [5.74, 6) is 0.735. The normalized spacial score (nSPS) is 17.3. The molecule has 0 aromatic carbocycles. The molecule has 25 heavy (non-hydrogen) atoms. The van der Waals surface area contributed by atoms with Crippen LogP contribution in [0.3, 0.4) is 0 Å². The first-order chi connectivity index (χ1) is 11.6. The lowest BCUT2D eigenvalue weighted by Gasteiger charge is -2.33. The molecule has 1 aliphatic heterocycles. The highest BCUT2D eigenvalue weighted by Gasteiger charge is 2.31. The van der Waals surface area contributed by atoms with Crippen molar-refractivity contribution in [2.24, 2.45) is 5.41 Å². The van der Waals surface area contributed by atoms with E-state index in [2.05, 4.69) is 44.9 Å². The Morgan fingerprint density at radius 3 is 2.36 bits per heavy atom. The summed E-state index contributed by atoms with van der Waals surface area (Å²) in [6.07, 6.45) is 4.62. The zero-order chi connectivity index (χ0) is 19.1. The molecule has 0 radical (unpaired) electrons. The molecule has 0 saturated carbocycles. The Balaban J connectivity index is 2.68. The lowest BCUT2D eigenvalue weighted by Crippen LogP contribution is -2.56. The first kappa shape index (κ1) is 21.7. The summed E-state index contributed by atoms with van der Waals surface area (Å²) >= 11 is 0. The van der Waals surface area contributed by atoms with Crippen molar-refractivity contribution in [2.45, 2.75) is 72.4 Å². The standard InChI is InChI=1S/C20H36N2O3/c1-8-11-25-17(19(3,4)5)14-15(2)21-18(23)20(6,7)22-16-9-12-24-13-10-16/h14,16,22H,2,8-13H2,1,3-7H3,(H,21,23)/b17-14-. The van der Waals surface area contributed by atoms with E-state index >= 15 is 0 Å². The maximum absolute atomic E-state index is 12.7. The number of hydrogen-bond donors (Lipinski definition) is 2. The van der Waals surface area contributed by atoms with Crippen LogP contribution in [-0.4, -0.2) is 37.3 Å². The van der Waals surface area contributed by atoms with E-state index in [1.54, 1.807) is 0 Å². The minimum atomic E-state index is -0.676. The van der Waals surface area contributed by atoms with Crippen molar-refractivity contribution in [3.05, 3.63) is 24.1 Å². The van der Waals surface area contributed by atoms with Gasteiger partial charge in [-0.05, 0) is 39.2 Å². The van der Waals surface area contributed by atoms with Crippen LogP contribution in [0.2, 0.25) is 0 Å². The lowest BCUT2D eigenvalue weighted by atomic mass is 9.93. The van der Waals surface area contributed by atoms with Crippen molar-refractivity contribution >= 4 is 5.91 Å². The molecule has 0 unspecified atom stereocenters. The summed E-state index contributed by atoms with van der Waals surface area (Å²) in [7, 11) is 0. The van der Waals surface area contributed by atoms with E-state index in [0.717, 1.165) is 38.2 Å². The van der Waals surface area contributed by atoms with Gasteiger partial charge in [-0.25, -0.2) is 0 Å². The molecular formula is C20H36N2O3. The van der Waals surface area contributed by atoms with Crippen LogP contribution in [-0.2, 0) is 14.3 Å². The largest absolute Gasteiger partial charge is 0.497 e. The molecule has 2 N–H and O–H groups in total. The predicted octanol–water partition coefficient (Wildman–Crippen LogP) is 3.52. The molecule has 1 fully saturated rings. The molecule has 0 aliphatic carbocycles. The molecule has 1 aliphatic rings. The van der Waals surface area contributed by atoms with E-state index in [0.29, 0.717) is 18.3 Å². The highest BCUT2D eigenvalue weighted by atomic mass is 16.5. The zero-order valence-electron chi connectivity index (χ0n) is 16.8. The number of carbonyl (C=O) groups is 1. The first-order valence-electron chi connectivity index (χ1n) is 9.27. The van der Waals surface area contributed by atoms with E-state index in [1.165, 1.54) is 0 Å². The van der Waals surface area contributed by atoms with Crippen molar-refractivity contribution in [1.29, 1.82) is 0 Å². The SMILES string of the molecule is C=C(/C=C(\OCCC)C(C)(C)C)NC(=O)C(C)(C)NC1CCOCC1. The summed E-state index contributed by atoms with van der Waals surface area (Å²) < 4.78 is 11.2. The van der Waals surface area contributed by atoms with E-state index in [-0.39, 0.29) is 11.3 Å². The number of hydrogen-bond acceptors (Lipinski definition) is 4. The highest BCUT2D eigenvalue weighted by molar-refractivity contribution is 5.87. The van der Waals surface area contributed by atoms with Crippen LogP contribution in [0.15, 0.2) is 24.1 Å². The van der Waals surface area contributed by atoms with Crippen LogP contribution in [0.25, 0.3) is 0 Å². The Kier molecular flexibility index (Phi) is 8.16. The second kappa shape index (κ2) is 9.39. The summed E-state index contributed by atoms with van der Waals surface area (Å²) in [4.78, 5) is 12.7. The molecule has 5 heteroatoms. The van der Waals surface area contributed by atoms with Gasteiger partial charge >= 0.3 is 0 Å². The Morgan fingerprint density at radius 2 is 1.84 bits per heavy atom. The highest BCUT2D eigenvalue weighted by Crippen LogP contribution is 2.27. The van der Waals surface area contributed by atoms with Crippen molar-refractivity contribution in [2.75, 3.05) is 19.8 Å². The third-order valence-corrected chi connectivity index (χ3v) is 4.13.